The number of hydrogen-bond acceptors (Lipinski definition) is 4. The molecule has 0 radical (unpaired) electrons. The molecule has 1 aromatic heterocycles. The van der Waals surface area contributed by atoms with Gasteiger partial charge in [0, 0.05) is 30.5 Å². The van der Waals surface area contributed by atoms with Gasteiger partial charge < -0.3 is 10.2 Å². The van der Waals surface area contributed by atoms with Gasteiger partial charge >= 0.3 is 0 Å². The maximum Gasteiger partial charge on any atom is 0.227 e. The highest BCUT2D eigenvalue weighted by atomic mass is 15.3. The molecule has 112 valence electrons. The topological polar surface area (TPSA) is 41.1 Å². The summed E-state index contributed by atoms with van der Waals surface area (Å²) >= 11 is 0. The molecule has 0 aliphatic rings. The summed E-state index contributed by atoms with van der Waals surface area (Å²) in [5, 5.41) is 3.42. The molecule has 0 unspecified atom stereocenters. The summed E-state index contributed by atoms with van der Waals surface area (Å²) in [4.78, 5) is 11.3. The number of rotatable bonds is 5. The summed E-state index contributed by atoms with van der Waals surface area (Å²) in [6.45, 7) is 12.3. The van der Waals surface area contributed by atoms with Gasteiger partial charge in [-0.2, -0.15) is 4.98 Å². The lowest BCUT2D eigenvalue weighted by Crippen LogP contribution is -2.24. The third-order valence-corrected chi connectivity index (χ3v) is 3.76. The van der Waals surface area contributed by atoms with Gasteiger partial charge in [-0.05, 0) is 51.8 Å². The summed E-state index contributed by atoms with van der Waals surface area (Å²) in [5.41, 5.74) is 4.59. The average Bonchev–Trinajstić information content (AvgIpc) is 2.45. The van der Waals surface area contributed by atoms with Crippen LogP contribution in [0.25, 0.3) is 0 Å². The van der Waals surface area contributed by atoms with Crippen LogP contribution in [0.5, 0.6) is 0 Å². The van der Waals surface area contributed by atoms with Crippen molar-refractivity contribution in [3.8, 4) is 0 Å². The Balaban J connectivity index is 2.34. The molecule has 0 saturated heterocycles. The predicted octanol–water partition coefficient (Wildman–Crippen LogP) is 3.99. The Hall–Kier alpha value is -2.10. The number of anilines is 3. The first kappa shape index (κ1) is 15.3. The number of hydrogen-bond donors (Lipinski definition) is 1. The average molecular weight is 284 g/mol. The molecular formula is C17H24N4. The van der Waals surface area contributed by atoms with Crippen molar-refractivity contribution in [2.24, 2.45) is 0 Å². The molecule has 2 aromatic rings. The third-order valence-electron chi connectivity index (χ3n) is 3.76. The minimum atomic E-state index is 0.785. The largest absolute Gasteiger partial charge is 0.341 e. The van der Waals surface area contributed by atoms with E-state index in [0.29, 0.717) is 0 Å². The van der Waals surface area contributed by atoms with Crippen molar-refractivity contribution in [2.75, 3.05) is 23.3 Å². The fraction of sp³-hybridized carbons (Fsp3) is 0.412. The molecule has 0 amide bonds. The molecule has 2 rings (SSSR count). The molecule has 1 aromatic carbocycles. The van der Waals surface area contributed by atoms with Crippen LogP contribution in [0.3, 0.4) is 0 Å². The van der Waals surface area contributed by atoms with Gasteiger partial charge in [0.15, 0.2) is 0 Å². The van der Waals surface area contributed by atoms with Gasteiger partial charge in [0.05, 0.1) is 0 Å². The van der Waals surface area contributed by atoms with Gasteiger partial charge in [0.1, 0.15) is 5.82 Å². The number of nitrogens with one attached hydrogen (secondary N) is 1. The maximum absolute atomic E-state index is 4.65. The Bertz CT molecular complexity index is 618. The number of aryl methyl sites for hydroxylation is 2. The van der Waals surface area contributed by atoms with Gasteiger partial charge in [-0.1, -0.05) is 12.1 Å². The van der Waals surface area contributed by atoms with Crippen LogP contribution in [-0.2, 0) is 0 Å². The Morgan fingerprint density at radius 1 is 1.05 bits per heavy atom. The number of nitrogens with zero attached hydrogens (tertiary/aromatic N) is 3. The van der Waals surface area contributed by atoms with Crippen molar-refractivity contribution in [1.29, 1.82) is 0 Å². The van der Waals surface area contributed by atoms with E-state index < -0.39 is 0 Å². The summed E-state index contributed by atoms with van der Waals surface area (Å²) in [7, 11) is 0. The summed E-state index contributed by atoms with van der Waals surface area (Å²) < 4.78 is 0. The standard InChI is InChI=1S/C17H24N4/c1-6-21(7-2)17-18-13(4)11-16(20-17)19-15-10-8-9-12(3)14(15)5/h8-11H,6-7H2,1-5H3,(H,18,19,20). The Kier molecular flexibility index (Phi) is 4.78. The van der Waals surface area contributed by atoms with Crippen molar-refractivity contribution in [2.45, 2.75) is 34.6 Å². The van der Waals surface area contributed by atoms with Gasteiger partial charge in [0.25, 0.3) is 0 Å². The van der Waals surface area contributed by atoms with E-state index in [0.717, 1.165) is 36.2 Å². The molecule has 0 fully saturated rings. The lowest BCUT2D eigenvalue weighted by Gasteiger charge is -2.20. The molecule has 0 bridgehead atoms. The van der Waals surface area contributed by atoms with E-state index in [4.69, 9.17) is 0 Å². The van der Waals surface area contributed by atoms with Crippen LogP contribution >= 0.6 is 0 Å². The van der Waals surface area contributed by atoms with Crippen molar-refractivity contribution in [3.63, 3.8) is 0 Å². The van der Waals surface area contributed by atoms with Crippen molar-refractivity contribution in [3.05, 3.63) is 41.1 Å². The first-order valence-corrected chi connectivity index (χ1v) is 7.49. The molecule has 1 N–H and O–H groups in total. The van der Waals surface area contributed by atoms with Crippen LogP contribution in [0, 0.1) is 20.8 Å². The summed E-state index contributed by atoms with van der Waals surface area (Å²) in [6, 6.07) is 8.24. The van der Waals surface area contributed by atoms with Crippen molar-refractivity contribution in [1.82, 2.24) is 9.97 Å². The number of aromatic nitrogens is 2. The second-order valence-corrected chi connectivity index (χ2v) is 5.24. The van der Waals surface area contributed by atoms with E-state index in [2.05, 4.69) is 66.1 Å². The maximum atomic E-state index is 4.65. The molecule has 4 heteroatoms. The smallest absolute Gasteiger partial charge is 0.227 e. The lowest BCUT2D eigenvalue weighted by molar-refractivity contribution is 0.817. The molecule has 0 atom stereocenters. The Morgan fingerprint density at radius 2 is 1.76 bits per heavy atom. The fourth-order valence-electron chi connectivity index (χ4n) is 2.29. The predicted molar refractivity (Wildman–Crippen MR) is 89.5 cm³/mol. The minimum absolute atomic E-state index is 0.785. The molecule has 0 aliphatic heterocycles. The van der Waals surface area contributed by atoms with Crippen molar-refractivity contribution < 1.29 is 0 Å². The van der Waals surface area contributed by atoms with Gasteiger partial charge in [0.2, 0.25) is 5.95 Å². The highest BCUT2D eigenvalue weighted by molar-refractivity contribution is 5.62. The molecular weight excluding hydrogens is 260 g/mol. The van der Waals surface area contributed by atoms with Crippen LogP contribution in [0.1, 0.15) is 30.7 Å². The summed E-state index contributed by atoms with van der Waals surface area (Å²) in [5.74, 6) is 1.63. The monoisotopic (exact) mass is 284 g/mol. The van der Waals surface area contributed by atoms with Crippen LogP contribution in [0.2, 0.25) is 0 Å². The quantitative estimate of drug-likeness (QED) is 0.901. The first-order valence-electron chi connectivity index (χ1n) is 7.49. The zero-order valence-electron chi connectivity index (χ0n) is 13.6. The Labute approximate surface area is 127 Å². The number of benzene rings is 1. The minimum Gasteiger partial charge on any atom is -0.341 e. The van der Waals surface area contributed by atoms with Crippen LogP contribution in [-0.4, -0.2) is 23.1 Å². The second kappa shape index (κ2) is 6.57. The van der Waals surface area contributed by atoms with Crippen LogP contribution in [0.15, 0.2) is 24.3 Å². The third kappa shape index (κ3) is 3.51. The zero-order valence-corrected chi connectivity index (χ0v) is 13.6. The van der Waals surface area contributed by atoms with Gasteiger partial charge in [-0.25, -0.2) is 4.98 Å². The lowest BCUT2D eigenvalue weighted by atomic mass is 10.1. The SMILES string of the molecule is CCN(CC)c1nc(C)cc(Nc2cccc(C)c2C)n1. The van der Waals surface area contributed by atoms with E-state index in [1.54, 1.807) is 0 Å². The molecule has 0 spiro atoms. The molecule has 21 heavy (non-hydrogen) atoms. The Morgan fingerprint density at radius 3 is 2.43 bits per heavy atom. The fourth-order valence-corrected chi connectivity index (χ4v) is 2.29. The normalized spacial score (nSPS) is 10.5. The highest BCUT2D eigenvalue weighted by Gasteiger charge is 2.09. The zero-order chi connectivity index (χ0) is 15.4. The first-order chi connectivity index (χ1) is 10.0. The van der Waals surface area contributed by atoms with Crippen molar-refractivity contribution >= 4 is 17.5 Å². The molecule has 0 saturated carbocycles. The molecule has 1 heterocycles. The highest BCUT2D eigenvalue weighted by Crippen LogP contribution is 2.23. The summed E-state index contributed by atoms with van der Waals surface area (Å²) in [6.07, 6.45) is 0. The van der Waals surface area contributed by atoms with Gasteiger partial charge in [-0.15, -0.1) is 0 Å². The van der Waals surface area contributed by atoms with E-state index in [-0.39, 0.29) is 0 Å². The van der Waals surface area contributed by atoms with E-state index in [9.17, 15) is 0 Å². The molecule has 0 aliphatic carbocycles. The second-order valence-electron chi connectivity index (χ2n) is 5.24. The van der Waals surface area contributed by atoms with Crippen LogP contribution in [0.4, 0.5) is 17.5 Å². The van der Waals surface area contributed by atoms with E-state index in [1.807, 2.05) is 13.0 Å². The van der Waals surface area contributed by atoms with E-state index in [1.165, 1.54) is 11.1 Å². The van der Waals surface area contributed by atoms with Gasteiger partial charge in [-0.3, -0.25) is 0 Å². The van der Waals surface area contributed by atoms with Crippen LogP contribution < -0.4 is 10.2 Å². The molecule has 4 nitrogen and oxygen atoms in total. The van der Waals surface area contributed by atoms with E-state index >= 15 is 0 Å².